The molecule has 4 heteroatoms. The van der Waals surface area contributed by atoms with Crippen LogP contribution in [0, 0.1) is 12.3 Å². The molecule has 1 aliphatic heterocycles. The Labute approximate surface area is 86.4 Å². The minimum absolute atomic E-state index is 0.165. The van der Waals surface area contributed by atoms with Gasteiger partial charge in [-0.05, 0) is 18.2 Å². The zero-order valence-electron chi connectivity index (χ0n) is 7.77. The molecular weight excluding hydrogens is 196 g/mol. The fourth-order valence-corrected chi connectivity index (χ4v) is 1.32. The predicted octanol–water partition coefficient (Wildman–Crippen LogP) is 1.51. The van der Waals surface area contributed by atoms with Crippen molar-refractivity contribution in [3.05, 3.63) is 23.8 Å². The van der Waals surface area contributed by atoms with Crippen LogP contribution in [0.4, 0.5) is 0 Å². The summed E-state index contributed by atoms with van der Waals surface area (Å²) < 4.78 is 10.6. The van der Waals surface area contributed by atoms with Crippen LogP contribution >= 0.6 is 0 Å². The van der Waals surface area contributed by atoms with Crippen molar-refractivity contribution in [3.63, 3.8) is 0 Å². The van der Waals surface area contributed by atoms with E-state index in [2.05, 4.69) is 5.92 Å². The lowest BCUT2D eigenvalue weighted by Gasteiger charge is -2.04. The molecular formula is C11H8O4. The summed E-state index contributed by atoms with van der Waals surface area (Å²) in [6.07, 6.45) is 4.94. The molecule has 0 bridgehead atoms. The average molecular weight is 204 g/mol. The summed E-state index contributed by atoms with van der Waals surface area (Å²) in [6.45, 7) is 0. The predicted molar refractivity (Wildman–Crippen MR) is 51.9 cm³/mol. The van der Waals surface area contributed by atoms with Gasteiger partial charge in [0.2, 0.25) is 0 Å². The van der Waals surface area contributed by atoms with Gasteiger partial charge in [-0.25, -0.2) is 4.79 Å². The number of fused-ring (bicyclic) bond motifs is 1. The number of rotatable bonds is 2. The summed E-state index contributed by atoms with van der Waals surface area (Å²) >= 11 is 0. The van der Waals surface area contributed by atoms with Crippen molar-refractivity contribution in [2.24, 2.45) is 0 Å². The Morgan fingerprint density at radius 2 is 2.20 bits per heavy atom. The number of carboxylic acids is 1. The molecule has 1 aromatic rings. The summed E-state index contributed by atoms with van der Waals surface area (Å²) in [4.78, 5) is 10.7. The maximum atomic E-state index is 10.7. The van der Waals surface area contributed by atoms with Crippen LogP contribution in [-0.4, -0.2) is 17.4 Å². The second-order valence-corrected chi connectivity index (χ2v) is 3.04. The second-order valence-electron chi connectivity index (χ2n) is 3.04. The molecule has 15 heavy (non-hydrogen) atoms. The standard InChI is InChI=1S/C11H8O4/c1-2-3-10-14-8-5-4-7(11(12)13)6-9(8)15-10/h1,4-6,10H,3H2,(H,12,13). The SMILES string of the molecule is C#CCC1Oc2ccc(C(=O)O)cc2O1. The molecule has 0 aliphatic carbocycles. The lowest BCUT2D eigenvalue weighted by molar-refractivity contribution is 0.0545. The van der Waals surface area contributed by atoms with E-state index in [4.69, 9.17) is 21.0 Å². The Bertz CT molecular complexity index is 444. The summed E-state index contributed by atoms with van der Waals surface area (Å²) in [5, 5.41) is 8.76. The number of benzene rings is 1. The van der Waals surface area contributed by atoms with Gasteiger partial charge in [-0.1, -0.05) is 5.92 Å². The van der Waals surface area contributed by atoms with Gasteiger partial charge in [0, 0.05) is 0 Å². The third-order valence-corrected chi connectivity index (χ3v) is 1.99. The van der Waals surface area contributed by atoms with Gasteiger partial charge in [0.15, 0.2) is 11.5 Å². The molecule has 1 unspecified atom stereocenters. The van der Waals surface area contributed by atoms with Crippen LogP contribution in [0.1, 0.15) is 16.8 Å². The highest BCUT2D eigenvalue weighted by atomic mass is 16.7. The molecule has 0 saturated carbocycles. The molecule has 1 aliphatic rings. The molecule has 76 valence electrons. The van der Waals surface area contributed by atoms with E-state index in [0.29, 0.717) is 17.9 Å². The molecule has 0 spiro atoms. The summed E-state index contributed by atoms with van der Waals surface area (Å²) in [7, 11) is 0. The van der Waals surface area contributed by atoms with Gasteiger partial charge >= 0.3 is 5.97 Å². The maximum Gasteiger partial charge on any atom is 0.335 e. The summed E-state index contributed by atoms with van der Waals surface area (Å²) in [6, 6.07) is 4.45. The van der Waals surface area contributed by atoms with Crippen molar-refractivity contribution in [2.45, 2.75) is 12.7 Å². The van der Waals surface area contributed by atoms with Gasteiger partial charge in [-0.15, -0.1) is 6.42 Å². The third kappa shape index (κ3) is 1.72. The van der Waals surface area contributed by atoms with Gasteiger partial charge in [-0.2, -0.15) is 0 Å². The van der Waals surface area contributed by atoms with Gasteiger partial charge in [0.05, 0.1) is 12.0 Å². The Morgan fingerprint density at radius 3 is 2.87 bits per heavy atom. The average Bonchev–Trinajstić information content (AvgIpc) is 2.59. The number of hydrogen-bond acceptors (Lipinski definition) is 3. The van der Waals surface area contributed by atoms with Crippen LogP contribution in [0.15, 0.2) is 18.2 Å². The first kappa shape index (κ1) is 9.41. The van der Waals surface area contributed by atoms with Crippen molar-refractivity contribution in [2.75, 3.05) is 0 Å². The van der Waals surface area contributed by atoms with Crippen LogP contribution in [0.3, 0.4) is 0 Å². The first-order valence-corrected chi connectivity index (χ1v) is 4.35. The van der Waals surface area contributed by atoms with Crippen molar-refractivity contribution in [1.82, 2.24) is 0 Å². The fourth-order valence-electron chi connectivity index (χ4n) is 1.32. The van der Waals surface area contributed by atoms with Crippen LogP contribution in [0.5, 0.6) is 11.5 Å². The van der Waals surface area contributed by atoms with Crippen molar-refractivity contribution < 1.29 is 19.4 Å². The number of carbonyl (C=O) groups is 1. The van der Waals surface area contributed by atoms with E-state index in [-0.39, 0.29) is 5.56 Å². The van der Waals surface area contributed by atoms with Crippen LogP contribution in [0.25, 0.3) is 0 Å². The van der Waals surface area contributed by atoms with Gasteiger partial charge < -0.3 is 14.6 Å². The quantitative estimate of drug-likeness (QED) is 0.742. The Balaban J connectivity index is 2.24. The van der Waals surface area contributed by atoms with Crippen LogP contribution in [0.2, 0.25) is 0 Å². The zero-order chi connectivity index (χ0) is 10.8. The molecule has 1 heterocycles. The van der Waals surface area contributed by atoms with Crippen LogP contribution < -0.4 is 9.47 Å². The molecule has 0 fully saturated rings. The molecule has 0 aromatic heterocycles. The minimum atomic E-state index is -0.998. The lowest BCUT2D eigenvalue weighted by Crippen LogP contribution is -2.16. The lowest BCUT2D eigenvalue weighted by atomic mass is 10.2. The van der Waals surface area contributed by atoms with Gasteiger partial charge in [-0.3, -0.25) is 0 Å². The highest BCUT2D eigenvalue weighted by Gasteiger charge is 2.24. The van der Waals surface area contributed by atoms with E-state index in [1.165, 1.54) is 12.1 Å². The van der Waals surface area contributed by atoms with E-state index in [1.807, 2.05) is 0 Å². The molecule has 1 aromatic carbocycles. The summed E-state index contributed by atoms with van der Waals surface area (Å²) in [5.41, 5.74) is 0.165. The smallest absolute Gasteiger partial charge is 0.335 e. The van der Waals surface area contributed by atoms with E-state index in [1.54, 1.807) is 6.07 Å². The van der Waals surface area contributed by atoms with Gasteiger partial charge in [0.25, 0.3) is 6.29 Å². The maximum absolute atomic E-state index is 10.7. The van der Waals surface area contributed by atoms with Crippen LogP contribution in [-0.2, 0) is 0 Å². The van der Waals surface area contributed by atoms with E-state index < -0.39 is 12.3 Å². The normalized spacial score (nSPS) is 17.1. The monoisotopic (exact) mass is 204 g/mol. The third-order valence-electron chi connectivity index (χ3n) is 1.99. The zero-order valence-corrected chi connectivity index (χ0v) is 7.77. The Hall–Kier alpha value is -2.15. The van der Waals surface area contributed by atoms with E-state index in [9.17, 15) is 4.79 Å². The molecule has 0 amide bonds. The van der Waals surface area contributed by atoms with Crippen molar-refractivity contribution in [1.29, 1.82) is 0 Å². The first-order valence-electron chi connectivity index (χ1n) is 4.35. The number of hydrogen-bond donors (Lipinski definition) is 1. The van der Waals surface area contributed by atoms with E-state index in [0.717, 1.165) is 0 Å². The number of terminal acetylenes is 1. The molecule has 1 N–H and O–H groups in total. The highest BCUT2D eigenvalue weighted by Crippen LogP contribution is 2.35. The Kier molecular flexibility index (Phi) is 2.22. The topological polar surface area (TPSA) is 55.8 Å². The fraction of sp³-hybridized carbons (Fsp3) is 0.182. The largest absolute Gasteiger partial charge is 0.478 e. The number of carboxylic acid groups (broad SMARTS) is 1. The number of aromatic carboxylic acids is 1. The minimum Gasteiger partial charge on any atom is -0.478 e. The van der Waals surface area contributed by atoms with Gasteiger partial charge in [0.1, 0.15) is 0 Å². The Morgan fingerprint density at radius 1 is 1.47 bits per heavy atom. The summed E-state index contributed by atoms with van der Waals surface area (Å²) in [5.74, 6) is 2.37. The van der Waals surface area contributed by atoms with E-state index >= 15 is 0 Å². The number of ether oxygens (including phenoxy) is 2. The first-order chi connectivity index (χ1) is 7.20. The molecule has 4 nitrogen and oxygen atoms in total. The second kappa shape index (κ2) is 3.54. The molecule has 0 radical (unpaired) electrons. The molecule has 2 rings (SSSR count). The molecule has 0 saturated heterocycles. The highest BCUT2D eigenvalue weighted by molar-refractivity contribution is 5.88. The van der Waals surface area contributed by atoms with Crippen molar-refractivity contribution in [3.8, 4) is 23.8 Å². The molecule has 1 atom stereocenters. The van der Waals surface area contributed by atoms with Crippen molar-refractivity contribution >= 4 is 5.97 Å².